The van der Waals surface area contributed by atoms with E-state index in [0.29, 0.717) is 5.69 Å². The van der Waals surface area contributed by atoms with Crippen LogP contribution in [0.2, 0.25) is 0 Å². The Kier molecular flexibility index (Phi) is 4.46. The van der Waals surface area contributed by atoms with Crippen LogP contribution >= 0.6 is 0 Å². The molecule has 1 aromatic carbocycles. The first kappa shape index (κ1) is 17.6. The highest BCUT2D eigenvalue weighted by atomic mass is 15.3. The molecule has 3 heterocycles. The zero-order chi connectivity index (χ0) is 19.6. The van der Waals surface area contributed by atoms with Crippen molar-refractivity contribution in [1.29, 1.82) is 0 Å². The van der Waals surface area contributed by atoms with E-state index in [9.17, 15) is 0 Å². The van der Waals surface area contributed by atoms with Gasteiger partial charge in [0.2, 0.25) is 0 Å². The fourth-order valence-electron chi connectivity index (χ4n) is 3.11. The molecule has 0 aliphatic rings. The molecule has 5 nitrogen and oxygen atoms in total. The van der Waals surface area contributed by atoms with Gasteiger partial charge in [0.05, 0.1) is 23.7 Å². The summed E-state index contributed by atoms with van der Waals surface area (Å²) in [4.78, 5) is 13.2. The van der Waals surface area contributed by atoms with Gasteiger partial charge in [-0.25, -0.2) is 14.5 Å². The minimum atomic E-state index is -0.392. The summed E-state index contributed by atoms with van der Waals surface area (Å²) < 4.78 is 1.75. The Morgan fingerprint density at radius 1 is 0.893 bits per heavy atom. The summed E-state index contributed by atoms with van der Waals surface area (Å²) in [5.41, 5.74) is 3.83. The summed E-state index contributed by atoms with van der Waals surface area (Å²) in [6.45, 7) is 11.5. The Labute approximate surface area is 164 Å². The van der Waals surface area contributed by atoms with Gasteiger partial charge < -0.3 is 0 Å². The quantitative estimate of drug-likeness (QED) is 0.467. The molecule has 0 aliphatic heterocycles. The Morgan fingerprint density at radius 2 is 1.64 bits per heavy atom. The van der Waals surface area contributed by atoms with Gasteiger partial charge in [0.25, 0.3) is 0 Å². The smallest absolute Gasteiger partial charge is 0.187 e. The second-order valence-corrected chi connectivity index (χ2v) is 7.03. The third-order valence-corrected chi connectivity index (χ3v) is 4.77. The lowest BCUT2D eigenvalue weighted by molar-refractivity contribution is 0.592. The van der Waals surface area contributed by atoms with E-state index in [0.717, 1.165) is 28.5 Å². The molecular weight excluding hydrogens is 346 g/mol. The van der Waals surface area contributed by atoms with Crippen molar-refractivity contribution in [1.82, 2.24) is 19.7 Å². The van der Waals surface area contributed by atoms with Gasteiger partial charge in [-0.2, -0.15) is 5.10 Å². The van der Waals surface area contributed by atoms with Crippen molar-refractivity contribution < 1.29 is 0 Å². The average molecular weight is 365 g/mol. The number of hydrogen-bond acceptors (Lipinski definition) is 3. The van der Waals surface area contributed by atoms with Crippen LogP contribution in [0.5, 0.6) is 0 Å². The molecule has 5 heteroatoms. The predicted octanol–water partition coefficient (Wildman–Crippen LogP) is 5.21. The summed E-state index contributed by atoms with van der Waals surface area (Å²) in [6, 6.07) is 21.3. The SMILES string of the molecule is [C-]#[N+]c1cccc(-c2cccc(C(C)(C)c3cccc(-n4cccn4)n3)n2)c1. The highest BCUT2D eigenvalue weighted by Crippen LogP contribution is 2.31. The molecule has 0 saturated carbocycles. The normalized spacial score (nSPS) is 11.2. The van der Waals surface area contributed by atoms with Gasteiger partial charge >= 0.3 is 0 Å². The minimum Gasteiger partial charge on any atom is -0.252 e. The fraction of sp³-hybridized carbons (Fsp3) is 0.130. The van der Waals surface area contributed by atoms with Crippen LogP contribution in [0.4, 0.5) is 5.69 Å². The van der Waals surface area contributed by atoms with Crippen molar-refractivity contribution in [2.45, 2.75) is 19.3 Å². The minimum absolute atomic E-state index is 0.392. The van der Waals surface area contributed by atoms with Gasteiger partial charge in [-0.1, -0.05) is 30.3 Å². The zero-order valence-corrected chi connectivity index (χ0v) is 15.7. The molecule has 0 aliphatic carbocycles. The van der Waals surface area contributed by atoms with Crippen LogP contribution in [-0.4, -0.2) is 19.7 Å². The number of rotatable bonds is 4. The second-order valence-electron chi connectivity index (χ2n) is 7.03. The van der Waals surface area contributed by atoms with Crippen LogP contribution in [-0.2, 0) is 5.41 Å². The molecule has 28 heavy (non-hydrogen) atoms. The highest BCUT2D eigenvalue weighted by molar-refractivity contribution is 5.65. The molecule has 0 radical (unpaired) electrons. The molecule has 4 aromatic rings. The van der Waals surface area contributed by atoms with Crippen LogP contribution in [0.1, 0.15) is 25.2 Å². The molecule has 0 unspecified atom stereocenters. The largest absolute Gasteiger partial charge is 0.252 e. The third kappa shape index (κ3) is 3.28. The molecular formula is C23H19N5. The maximum Gasteiger partial charge on any atom is 0.187 e. The first-order valence-electron chi connectivity index (χ1n) is 9.01. The van der Waals surface area contributed by atoms with E-state index in [1.54, 1.807) is 16.9 Å². The maximum atomic E-state index is 7.23. The van der Waals surface area contributed by atoms with Gasteiger partial charge in [0, 0.05) is 17.8 Å². The highest BCUT2D eigenvalue weighted by Gasteiger charge is 2.27. The first-order valence-corrected chi connectivity index (χ1v) is 9.01. The summed E-state index contributed by atoms with van der Waals surface area (Å²) in [7, 11) is 0. The van der Waals surface area contributed by atoms with Crippen LogP contribution < -0.4 is 0 Å². The number of nitrogens with zero attached hydrogens (tertiary/aromatic N) is 5. The Hall–Kier alpha value is -3.78. The van der Waals surface area contributed by atoms with E-state index in [-0.39, 0.29) is 0 Å². The first-order chi connectivity index (χ1) is 13.6. The van der Waals surface area contributed by atoms with E-state index in [1.165, 1.54) is 0 Å². The lowest BCUT2D eigenvalue weighted by Crippen LogP contribution is -2.23. The molecule has 0 fully saturated rings. The van der Waals surface area contributed by atoms with Crippen molar-refractivity contribution in [2.24, 2.45) is 0 Å². The molecule has 0 bridgehead atoms. The topological polar surface area (TPSA) is 48.0 Å². The predicted molar refractivity (Wildman–Crippen MR) is 109 cm³/mol. The van der Waals surface area contributed by atoms with Crippen LogP contribution in [0.25, 0.3) is 21.9 Å². The summed E-state index contributed by atoms with van der Waals surface area (Å²) in [6.07, 6.45) is 3.62. The lowest BCUT2D eigenvalue weighted by Gasteiger charge is -2.24. The molecule has 0 saturated heterocycles. The van der Waals surface area contributed by atoms with Gasteiger partial charge in [0.1, 0.15) is 0 Å². The van der Waals surface area contributed by atoms with Crippen molar-refractivity contribution in [2.75, 3.05) is 0 Å². The van der Waals surface area contributed by atoms with Crippen molar-refractivity contribution in [3.05, 3.63) is 102 Å². The van der Waals surface area contributed by atoms with E-state index in [1.807, 2.05) is 66.9 Å². The van der Waals surface area contributed by atoms with Crippen molar-refractivity contribution in [3.8, 4) is 17.1 Å². The van der Waals surface area contributed by atoms with Crippen molar-refractivity contribution >= 4 is 5.69 Å². The van der Waals surface area contributed by atoms with Crippen LogP contribution in [0, 0.1) is 6.57 Å². The average Bonchev–Trinajstić information content (AvgIpc) is 3.29. The van der Waals surface area contributed by atoms with Crippen molar-refractivity contribution in [3.63, 3.8) is 0 Å². The molecule has 0 spiro atoms. The van der Waals surface area contributed by atoms with Gasteiger partial charge in [-0.05, 0) is 55.8 Å². The summed E-state index contributed by atoms with van der Waals surface area (Å²) in [5, 5.41) is 4.27. The van der Waals surface area contributed by atoms with Crippen LogP contribution in [0.3, 0.4) is 0 Å². The maximum absolute atomic E-state index is 7.23. The molecule has 0 amide bonds. The second kappa shape index (κ2) is 7.09. The fourth-order valence-corrected chi connectivity index (χ4v) is 3.11. The van der Waals surface area contributed by atoms with E-state index in [4.69, 9.17) is 16.5 Å². The third-order valence-electron chi connectivity index (χ3n) is 4.77. The number of benzene rings is 1. The summed E-state index contributed by atoms with van der Waals surface area (Å²) >= 11 is 0. The van der Waals surface area contributed by atoms with E-state index in [2.05, 4.69) is 23.8 Å². The van der Waals surface area contributed by atoms with Gasteiger partial charge in [0.15, 0.2) is 11.5 Å². The van der Waals surface area contributed by atoms with E-state index < -0.39 is 5.41 Å². The van der Waals surface area contributed by atoms with Gasteiger partial charge in [-0.15, -0.1) is 0 Å². The monoisotopic (exact) mass is 365 g/mol. The standard InChI is InChI=1S/C23H19N5/c1-23(2,21-12-6-13-22(27-21)28-15-7-14-25-28)20-11-5-10-19(26-20)17-8-4-9-18(16-17)24-3/h4-16H,1-2H3. The van der Waals surface area contributed by atoms with Gasteiger partial charge in [-0.3, -0.25) is 4.98 Å². The lowest BCUT2D eigenvalue weighted by atomic mass is 9.84. The zero-order valence-electron chi connectivity index (χ0n) is 15.7. The Balaban J connectivity index is 1.74. The molecule has 4 rings (SSSR count). The summed E-state index contributed by atoms with van der Waals surface area (Å²) in [5.74, 6) is 0.775. The number of aromatic nitrogens is 4. The Bertz CT molecular complexity index is 1150. The molecule has 3 aromatic heterocycles. The number of pyridine rings is 2. The Morgan fingerprint density at radius 3 is 2.39 bits per heavy atom. The molecule has 136 valence electrons. The van der Waals surface area contributed by atoms with E-state index >= 15 is 0 Å². The van der Waals surface area contributed by atoms with Crippen LogP contribution in [0.15, 0.2) is 79.1 Å². The molecule has 0 N–H and O–H groups in total. The number of hydrogen-bond donors (Lipinski definition) is 0. The molecule has 0 atom stereocenters.